The fourth-order valence-electron chi connectivity index (χ4n) is 3.08. The highest BCUT2D eigenvalue weighted by molar-refractivity contribution is 5.75. The summed E-state index contributed by atoms with van der Waals surface area (Å²) >= 11 is 0. The number of fused-ring (bicyclic) bond motifs is 1. The number of nitrogens with zero attached hydrogens (tertiary/aromatic N) is 2. The molecule has 0 amide bonds. The van der Waals surface area contributed by atoms with Crippen molar-refractivity contribution in [2.45, 2.75) is 38.6 Å². The maximum absolute atomic E-state index is 4.80. The second-order valence-corrected chi connectivity index (χ2v) is 5.64. The molecular formula is C16H23N3. The zero-order valence-electron chi connectivity index (χ0n) is 11.9. The van der Waals surface area contributed by atoms with Gasteiger partial charge in [0.25, 0.3) is 0 Å². The molecule has 3 rings (SSSR count). The van der Waals surface area contributed by atoms with Crippen LogP contribution < -0.4 is 5.32 Å². The van der Waals surface area contributed by atoms with Crippen molar-refractivity contribution < 1.29 is 0 Å². The summed E-state index contributed by atoms with van der Waals surface area (Å²) in [5.41, 5.74) is 2.35. The Bertz CT molecular complexity index is 554. The minimum absolute atomic E-state index is 0.592. The molecule has 0 saturated heterocycles. The van der Waals surface area contributed by atoms with Gasteiger partial charge in [0.15, 0.2) is 0 Å². The lowest BCUT2D eigenvalue weighted by Gasteiger charge is -2.34. The van der Waals surface area contributed by atoms with Gasteiger partial charge in [-0.05, 0) is 37.4 Å². The van der Waals surface area contributed by atoms with Gasteiger partial charge in [-0.15, -0.1) is 0 Å². The maximum atomic E-state index is 4.80. The van der Waals surface area contributed by atoms with E-state index < -0.39 is 0 Å². The van der Waals surface area contributed by atoms with Crippen LogP contribution in [-0.2, 0) is 13.5 Å². The number of benzene rings is 1. The maximum Gasteiger partial charge on any atom is 0.111 e. The zero-order chi connectivity index (χ0) is 13.2. The third kappa shape index (κ3) is 2.39. The summed E-state index contributed by atoms with van der Waals surface area (Å²) in [4.78, 5) is 4.80. The van der Waals surface area contributed by atoms with E-state index in [0.717, 1.165) is 24.4 Å². The number of nitrogens with one attached hydrogen (secondary N) is 1. The van der Waals surface area contributed by atoms with Crippen LogP contribution in [0.4, 0.5) is 0 Å². The standard InChI is InChI=1S/C16H23N3/c1-3-17-14(12-7-6-8-12)11-16-18-13-9-4-5-10-15(13)19(16)2/h4-5,9-10,12,14,17H,3,6-8,11H2,1-2H3. The Labute approximate surface area is 115 Å². The van der Waals surface area contributed by atoms with Crippen LogP contribution in [0.1, 0.15) is 32.0 Å². The van der Waals surface area contributed by atoms with Crippen LogP contribution in [-0.4, -0.2) is 22.1 Å². The Morgan fingerprint density at radius 1 is 1.37 bits per heavy atom. The molecule has 2 aromatic rings. The minimum atomic E-state index is 0.592. The Hall–Kier alpha value is -1.35. The molecule has 1 N–H and O–H groups in total. The summed E-state index contributed by atoms with van der Waals surface area (Å²) in [5, 5.41) is 3.65. The first kappa shape index (κ1) is 12.7. The molecule has 102 valence electrons. The van der Waals surface area contributed by atoms with Crippen LogP contribution in [0.2, 0.25) is 0 Å². The van der Waals surface area contributed by atoms with Gasteiger partial charge in [-0.1, -0.05) is 25.5 Å². The second-order valence-electron chi connectivity index (χ2n) is 5.64. The molecule has 0 aliphatic heterocycles. The number of aromatic nitrogens is 2. The summed E-state index contributed by atoms with van der Waals surface area (Å²) in [7, 11) is 2.13. The van der Waals surface area contributed by atoms with Crippen LogP contribution >= 0.6 is 0 Å². The van der Waals surface area contributed by atoms with E-state index in [1.165, 1.54) is 30.6 Å². The van der Waals surface area contributed by atoms with E-state index in [2.05, 4.69) is 48.1 Å². The molecule has 3 nitrogen and oxygen atoms in total. The molecule has 1 atom stereocenters. The highest BCUT2D eigenvalue weighted by Gasteiger charge is 2.27. The molecule has 1 aliphatic carbocycles. The van der Waals surface area contributed by atoms with Crippen LogP contribution in [0, 0.1) is 5.92 Å². The Kier molecular flexibility index (Phi) is 3.56. The molecule has 19 heavy (non-hydrogen) atoms. The Morgan fingerprint density at radius 2 is 2.16 bits per heavy atom. The van der Waals surface area contributed by atoms with Crippen molar-refractivity contribution in [1.82, 2.24) is 14.9 Å². The van der Waals surface area contributed by atoms with Gasteiger partial charge in [0.05, 0.1) is 11.0 Å². The largest absolute Gasteiger partial charge is 0.331 e. The van der Waals surface area contributed by atoms with E-state index >= 15 is 0 Å². The van der Waals surface area contributed by atoms with Crippen LogP contribution in [0.15, 0.2) is 24.3 Å². The summed E-state index contributed by atoms with van der Waals surface area (Å²) in [5.74, 6) is 2.05. The number of hydrogen-bond acceptors (Lipinski definition) is 2. The molecule has 1 aromatic heterocycles. The van der Waals surface area contributed by atoms with E-state index in [9.17, 15) is 0 Å². The SMILES string of the molecule is CCNC(Cc1nc2ccccc2n1C)C1CCC1. The summed E-state index contributed by atoms with van der Waals surface area (Å²) in [6.45, 7) is 3.24. The van der Waals surface area contributed by atoms with Crippen molar-refractivity contribution in [1.29, 1.82) is 0 Å². The molecule has 1 aromatic carbocycles. The highest BCUT2D eigenvalue weighted by Crippen LogP contribution is 2.31. The van der Waals surface area contributed by atoms with Gasteiger partial charge in [0.1, 0.15) is 5.82 Å². The molecular weight excluding hydrogens is 234 g/mol. The lowest BCUT2D eigenvalue weighted by molar-refractivity contribution is 0.227. The monoisotopic (exact) mass is 257 g/mol. The fourth-order valence-corrected chi connectivity index (χ4v) is 3.08. The van der Waals surface area contributed by atoms with E-state index in [1.54, 1.807) is 0 Å². The number of imidazole rings is 1. The highest BCUT2D eigenvalue weighted by atomic mass is 15.1. The van der Waals surface area contributed by atoms with Gasteiger partial charge in [-0.25, -0.2) is 4.98 Å². The van der Waals surface area contributed by atoms with Crippen molar-refractivity contribution in [2.75, 3.05) is 6.54 Å². The van der Waals surface area contributed by atoms with Gasteiger partial charge in [0, 0.05) is 19.5 Å². The Balaban J connectivity index is 1.84. The molecule has 1 aliphatic rings. The molecule has 1 saturated carbocycles. The third-order valence-electron chi connectivity index (χ3n) is 4.47. The summed E-state index contributed by atoms with van der Waals surface area (Å²) in [6.07, 6.45) is 5.20. The Morgan fingerprint density at radius 3 is 2.79 bits per heavy atom. The lowest BCUT2D eigenvalue weighted by atomic mass is 9.78. The zero-order valence-corrected chi connectivity index (χ0v) is 11.9. The van der Waals surface area contributed by atoms with E-state index in [1.807, 2.05) is 0 Å². The first-order chi connectivity index (χ1) is 9.29. The summed E-state index contributed by atoms with van der Waals surface area (Å²) < 4.78 is 2.25. The lowest BCUT2D eigenvalue weighted by Crippen LogP contribution is -2.41. The predicted octanol–water partition coefficient (Wildman–Crippen LogP) is 2.89. The van der Waals surface area contributed by atoms with Crippen molar-refractivity contribution in [2.24, 2.45) is 13.0 Å². The van der Waals surface area contributed by atoms with E-state index in [4.69, 9.17) is 4.98 Å². The second kappa shape index (κ2) is 5.33. The number of rotatable bonds is 5. The van der Waals surface area contributed by atoms with E-state index in [-0.39, 0.29) is 0 Å². The van der Waals surface area contributed by atoms with Gasteiger partial charge >= 0.3 is 0 Å². The number of hydrogen-bond donors (Lipinski definition) is 1. The average molecular weight is 257 g/mol. The molecule has 0 radical (unpaired) electrons. The quantitative estimate of drug-likeness (QED) is 0.892. The fraction of sp³-hybridized carbons (Fsp3) is 0.562. The van der Waals surface area contributed by atoms with Crippen molar-refractivity contribution in [3.05, 3.63) is 30.1 Å². The van der Waals surface area contributed by atoms with Crippen LogP contribution in [0.3, 0.4) is 0 Å². The van der Waals surface area contributed by atoms with Crippen molar-refractivity contribution in [3.8, 4) is 0 Å². The smallest absolute Gasteiger partial charge is 0.111 e. The van der Waals surface area contributed by atoms with E-state index in [0.29, 0.717) is 6.04 Å². The van der Waals surface area contributed by atoms with Crippen LogP contribution in [0.25, 0.3) is 11.0 Å². The van der Waals surface area contributed by atoms with Crippen LogP contribution in [0.5, 0.6) is 0 Å². The molecule has 1 fully saturated rings. The molecule has 1 unspecified atom stereocenters. The summed E-state index contributed by atoms with van der Waals surface area (Å²) in [6, 6.07) is 8.99. The van der Waals surface area contributed by atoms with Crippen molar-refractivity contribution >= 4 is 11.0 Å². The number of aryl methyl sites for hydroxylation is 1. The first-order valence-electron chi connectivity index (χ1n) is 7.43. The number of para-hydroxylation sites is 2. The topological polar surface area (TPSA) is 29.9 Å². The van der Waals surface area contributed by atoms with Gasteiger partial charge in [0.2, 0.25) is 0 Å². The van der Waals surface area contributed by atoms with Gasteiger partial charge in [-0.3, -0.25) is 0 Å². The molecule has 3 heteroatoms. The first-order valence-corrected chi connectivity index (χ1v) is 7.43. The average Bonchev–Trinajstić information content (AvgIpc) is 2.65. The molecule has 1 heterocycles. The molecule has 0 spiro atoms. The van der Waals surface area contributed by atoms with Gasteiger partial charge in [-0.2, -0.15) is 0 Å². The number of likely N-dealkylation sites (N-methyl/N-ethyl adjacent to an activating group) is 1. The minimum Gasteiger partial charge on any atom is -0.331 e. The van der Waals surface area contributed by atoms with Crippen molar-refractivity contribution in [3.63, 3.8) is 0 Å². The third-order valence-corrected chi connectivity index (χ3v) is 4.47. The van der Waals surface area contributed by atoms with Gasteiger partial charge < -0.3 is 9.88 Å². The normalized spacial score (nSPS) is 17.6. The molecule has 0 bridgehead atoms. The predicted molar refractivity (Wildman–Crippen MR) is 79.2 cm³/mol.